The SMILES string of the molecule is Cc1ccnc2c1=CN(C)CN=2. The lowest BCUT2D eigenvalue weighted by Gasteiger charge is -2.13. The molecule has 1 aliphatic heterocycles. The first-order valence-corrected chi connectivity index (χ1v) is 3.95. The number of hydrogen-bond donors (Lipinski definition) is 0. The Kier molecular flexibility index (Phi) is 1.57. The van der Waals surface area contributed by atoms with Crippen LogP contribution in [-0.4, -0.2) is 23.6 Å². The van der Waals surface area contributed by atoms with Crippen molar-refractivity contribution in [3.05, 3.63) is 28.5 Å². The summed E-state index contributed by atoms with van der Waals surface area (Å²) < 4.78 is 0. The molecule has 0 unspecified atom stereocenters. The highest BCUT2D eigenvalue weighted by atomic mass is 15.2. The van der Waals surface area contributed by atoms with Gasteiger partial charge in [-0.05, 0) is 18.6 Å². The third-order valence-corrected chi connectivity index (χ3v) is 1.98. The number of rotatable bonds is 0. The average Bonchev–Trinajstić information content (AvgIpc) is 2.07. The molecule has 1 aromatic rings. The van der Waals surface area contributed by atoms with Gasteiger partial charge < -0.3 is 4.90 Å². The minimum atomic E-state index is 0.712. The standard InChI is InChI=1S/C9H11N3/c1-7-3-4-10-9-8(7)5-12(2)6-11-9/h3-5H,6H2,1-2H3. The van der Waals surface area contributed by atoms with Gasteiger partial charge in [0.2, 0.25) is 0 Å². The molecule has 0 saturated carbocycles. The van der Waals surface area contributed by atoms with Gasteiger partial charge in [-0.25, -0.2) is 9.98 Å². The molecule has 0 N–H and O–H groups in total. The van der Waals surface area contributed by atoms with E-state index in [9.17, 15) is 0 Å². The maximum Gasteiger partial charge on any atom is 0.158 e. The van der Waals surface area contributed by atoms with Gasteiger partial charge in [-0.2, -0.15) is 0 Å². The van der Waals surface area contributed by atoms with Crippen LogP contribution in [0.5, 0.6) is 0 Å². The Morgan fingerprint density at radius 2 is 2.33 bits per heavy atom. The van der Waals surface area contributed by atoms with Crippen LogP contribution in [0.25, 0.3) is 6.20 Å². The Hall–Kier alpha value is -1.38. The number of fused-ring (bicyclic) bond motifs is 1. The van der Waals surface area contributed by atoms with Crippen molar-refractivity contribution in [1.82, 2.24) is 9.88 Å². The number of nitrogens with zero attached hydrogens (tertiary/aromatic N) is 3. The Morgan fingerprint density at radius 3 is 3.17 bits per heavy atom. The fourth-order valence-electron chi connectivity index (χ4n) is 1.28. The van der Waals surface area contributed by atoms with Crippen molar-refractivity contribution in [3.63, 3.8) is 0 Å². The zero-order valence-corrected chi connectivity index (χ0v) is 7.28. The first kappa shape index (κ1) is 7.28. The van der Waals surface area contributed by atoms with Gasteiger partial charge in [-0.1, -0.05) is 0 Å². The van der Waals surface area contributed by atoms with E-state index < -0.39 is 0 Å². The molecule has 3 nitrogen and oxygen atoms in total. The van der Waals surface area contributed by atoms with Gasteiger partial charge in [0.05, 0.1) is 0 Å². The summed E-state index contributed by atoms with van der Waals surface area (Å²) in [5.74, 6) is 0. The second-order valence-corrected chi connectivity index (χ2v) is 3.05. The van der Waals surface area contributed by atoms with Crippen LogP contribution in [-0.2, 0) is 0 Å². The van der Waals surface area contributed by atoms with E-state index in [0.717, 1.165) is 10.7 Å². The Balaban J connectivity index is 2.80. The Bertz CT molecular complexity index is 408. The second-order valence-electron chi connectivity index (χ2n) is 3.05. The third-order valence-electron chi connectivity index (χ3n) is 1.98. The zero-order valence-electron chi connectivity index (χ0n) is 7.28. The molecular formula is C9H11N3. The van der Waals surface area contributed by atoms with E-state index in [1.807, 2.05) is 13.1 Å². The summed E-state index contributed by atoms with van der Waals surface area (Å²) in [5, 5.41) is 1.14. The highest BCUT2D eigenvalue weighted by molar-refractivity contribution is 5.26. The molecule has 0 radical (unpaired) electrons. The zero-order chi connectivity index (χ0) is 8.55. The predicted molar refractivity (Wildman–Crippen MR) is 46.9 cm³/mol. The molecule has 0 spiro atoms. The van der Waals surface area contributed by atoms with Crippen molar-refractivity contribution >= 4 is 6.20 Å². The summed E-state index contributed by atoms with van der Waals surface area (Å²) in [7, 11) is 2.01. The van der Waals surface area contributed by atoms with E-state index in [2.05, 4.69) is 28.0 Å². The first-order valence-electron chi connectivity index (χ1n) is 3.95. The molecule has 12 heavy (non-hydrogen) atoms. The number of aromatic nitrogens is 1. The third kappa shape index (κ3) is 1.07. The molecule has 1 aromatic heterocycles. The smallest absolute Gasteiger partial charge is 0.158 e. The van der Waals surface area contributed by atoms with Gasteiger partial charge in [-0.15, -0.1) is 0 Å². The summed E-state index contributed by atoms with van der Waals surface area (Å²) in [5.41, 5.74) is 2.10. The van der Waals surface area contributed by atoms with Crippen LogP contribution in [0, 0.1) is 6.92 Å². The molecule has 3 heteroatoms. The van der Waals surface area contributed by atoms with Gasteiger partial charge in [0.1, 0.15) is 6.67 Å². The molecule has 2 heterocycles. The van der Waals surface area contributed by atoms with Crippen molar-refractivity contribution in [2.75, 3.05) is 13.7 Å². The molecule has 1 aliphatic rings. The average molecular weight is 161 g/mol. The van der Waals surface area contributed by atoms with Crippen LogP contribution in [0.4, 0.5) is 0 Å². The highest BCUT2D eigenvalue weighted by Gasteiger charge is 2.00. The summed E-state index contributed by atoms with van der Waals surface area (Å²) in [4.78, 5) is 10.6. The lowest BCUT2D eigenvalue weighted by atomic mass is 10.2. The number of aryl methyl sites for hydroxylation is 1. The van der Waals surface area contributed by atoms with Gasteiger partial charge in [0.15, 0.2) is 5.49 Å². The van der Waals surface area contributed by atoms with Crippen LogP contribution in [0.2, 0.25) is 0 Å². The number of hydrogen-bond acceptors (Lipinski definition) is 3. The molecule has 2 rings (SSSR count). The Labute approximate surface area is 71.1 Å². The molecule has 62 valence electrons. The van der Waals surface area contributed by atoms with E-state index in [1.165, 1.54) is 5.56 Å². The molecule has 0 aromatic carbocycles. The number of pyridine rings is 1. The molecule has 0 bridgehead atoms. The van der Waals surface area contributed by atoms with Gasteiger partial charge >= 0.3 is 0 Å². The second kappa shape index (κ2) is 2.59. The maximum absolute atomic E-state index is 4.32. The molecule has 0 fully saturated rings. The molecule has 0 aliphatic carbocycles. The maximum atomic E-state index is 4.32. The topological polar surface area (TPSA) is 28.5 Å². The van der Waals surface area contributed by atoms with Crippen LogP contribution < -0.4 is 10.7 Å². The van der Waals surface area contributed by atoms with Gasteiger partial charge in [-0.3, -0.25) is 0 Å². The fraction of sp³-hybridized carbons (Fsp3) is 0.333. The summed E-state index contributed by atoms with van der Waals surface area (Å²) >= 11 is 0. The van der Waals surface area contributed by atoms with Crippen LogP contribution in [0.1, 0.15) is 5.56 Å². The fourth-order valence-corrected chi connectivity index (χ4v) is 1.28. The van der Waals surface area contributed by atoms with Crippen LogP contribution in [0.3, 0.4) is 0 Å². The quantitative estimate of drug-likeness (QED) is 0.520. The Morgan fingerprint density at radius 1 is 1.50 bits per heavy atom. The minimum Gasteiger partial charge on any atom is -0.361 e. The largest absolute Gasteiger partial charge is 0.361 e. The first-order chi connectivity index (χ1) is 5.77. The molecule has 0 amide bonds. The molecular weight excluding hydrogens is 150 g/mol. The lowest BCUT2D eigenvalue weighted by molar-refractivity contribution is 0.495. The van der Waals surface area contributed by atoms with Crippen molar-refractivity contribution in [1.29, 1.82) is 0 Å². The lowest BCUT2D eigenvalue weighted by Crippen LogP contribution is -2.38. The van der Waals surface area contributed by atoms with E-state index in [4.69, 9.17) is 0 Å². The monoisotopic (exact) mass is 161 g/mol. The predicted octanol–water partition coefficient (Wildman–Crippen LogP) is -0.349. The normalized spacial score (nSPS) is 14.7. The summed E-state index contributed by atoms with van der Waals surface area (Å²) in [6.45, 7) is 2.79. The van der Waals surface area contributed by atoms with Crippen molar-refractivity contribution in [2.45, 2.75) is 6.92 Å². The van der Waals surface area contributed by atoms with E-state index >= 15 is 0 Å². The van der Waals surface area contributed by atoms with Crippen LogP contribution >= 0.6 is 0 Å². The van der Waals surface area contributed by atoms with Crippen LogP contribution in [0.15, 0.2) is 17.3 Å². The molecule has 0 atom stereocenters. The van der Waals surface area contributed by atoms with Crippen molar-refractivity contribution in [2.24, 2.45) is 4.99 Å². The summed E-state index contributed by atoms with van der Waals surface area (Å²) in [6, 6.07) is 2.00. The van der Waals surface area contributed by atoms with Crippen molar-refractivity contribution in [3.8, 4) is 0 Å². The van der Waals surface area contributed by atoms with Crippen molar-refractivity contribution < 1.29 is 0 Å². The minimum absolute atomic E-state index is 0.712. The highest BCUT2D eigenvalue weighted by Crippen LogP contribution is 1.89. The van der Waals surface area contributed by atoms with E-state index in [-0.39, 0.29) is 0 Å². The molecule has 0 saturated heterocycles. The van der Waals surface area contributed by atoms with E-state index in [1.54, 1.807) is 6.20 Å². The van der Waals surface area contributed by atoms with Gasteiger partial charge in [0, 0.05) is 24.7 Å². The van der Waals surface area contributed by atoms with Gasteiger partial charge in [0.25, 0.3) is 0 Å². The summed E-state index contributed by atoms with van der Waals surface area (Å²) in [6.07, 6.45) is 3.89. The van der Waals surface area contributed by atoms with E-state index in [0.29, 0.717) is 6.67 Å².